The Morgan fingerprint density at radius 3 is 2.61 bits per heavy atom. The number of alkyl carbamates (subject to hydrolysis) is 1. The van der Waals surface area contributed by atoms with Crippen molar-refractivity contribution in [2.24, 2.45) is 0 Å². The van der Waals surface area contributed by atoms with Crippen molar-refractivity contribution in [3.8, 4) is 0 Å². The van der Waals surface area contributed by atoms with Crippen LogP contribution in [-0.2, 0) is 27.4 Å². The van der Waals surface area contributed by atoms with Crippen molar-refractivity contribution in [1.29, 1.82) is 0 Å². The van der Waals surface area contributed by atoms with Gasteiger partial charge < -0.3 is 19.4 Å². The van der Waals surface area contributed by atoms with Crippen LogP contribution in [0.4, 0.5) is 4.79 Å². The maximum Gasteiger partial charge on any atom is 0.407 e. The molecule has 8 nitrogen and oxygen atoms in total. The number of hydrogen-bond donors (Lipinski definition) is 1. The Balaban J connectivity index is 1.71. The second kappa shape index (κ2) is 9.78. The molecule has 0 radical (unpaired) electrons. The van der Waals surface area contributed by atoms with E-state index >= 15 is 0 Å². The van der Waals surface area contributed by atoms with E-state index in [1.807, 2.05) is 30.3 Å². The van der Waals surface area contributed by atoms with Crippen LogP contribution in [0.5, 0.6) is 0 Å². The summed E-state index contributed by atoms with van der Waals surface area (Å²) in [6.45, 7) is 5.75. The van der Waals surface area contributed by atoms with Crippen molar-refractivity contribution in [2.45, 2.75) is 52.0 Å². The molecular formula is C22H25ClN4O4. The summed E-state index contributed by atoms with van der Waals surface area (Å²) in [6, 6.07) is 10.6. The fraction of sp³-hybridized carbons (Fsp3) is 0.364. The molecule has 0 aliphatic heterocycles. The second-order valence-electron chi connectivity index (χ2n) is 8.06. The van der Waals surface area contributed by atoms with Gasteiger partial charge in [-0.15, -0.1) is 0 Å². The number of rotatable bonds is 7. The van der Waals surface area contributed by atoms with E-state index in [0.29, 0.717) is 16.2 Å². The smallest absolute Gasteiger partial charge is 0.407 e. The van der Waals surface area contributed by atoms with Gasteiger partial charge in [0, 0.05) is 12.7 Å². The second-order valence-corrected chi connectivity index (χ2v) is 8.42. The van der Waals surface area contributed by atoms with Crippen LogP contribution in [0.2, 0.25) is 5.15 Å². The van der Waals surface area contributed by atoms with Gasteiger partial charge in [-0.1, -0.05) is 41.9 Å². The summed E-state index contributed by atoms with van der Waals surface area (Å²) in [5.41, 5.74) is 0.826. The number of ether oxygens (including phenoxy) is 2. The lowest BCUT2D eigenvalue weighted by Gasteiger charge is -2.23. The molecule has 3 rings (SSSR count). The summed E-state index contributed by atoms with van der Waals surface area (Å²) in [7, 11) is 0. The molecule has 0 saturated carbocycles. The van der Waals surface area contributed by atoms with Gasteiger partial charge in [0.15, 0.2) is 0 Å². The lowest BCUT2D eigenvalue weighted by Crippen LogP contribution is -2.42. The highest BCUT2D eigenvalue weighted by Crippen LogP contribution is 2.20. The average molecular weight is 445 g/mol. The lowest BCUT2D eigenvalue weighted by atomic mass is 10.2. The van der Waals surface area contributed by atoms with Crippen molar-refractivity contribution in [3.63, 3.8) is 0 Å². The number of benzene rings is 1. The predicted molar refractivity (Wildman–Crippen MR) is 117 cm³/mol. The van der Waals surface area contributed by atoms with E-state index in [2.05, 4.69) is 15.3 Å². The number of amides is 1. The van der Waals surface area contributed by atoms with Crippen LogP contribution >= 0.6 is 11.6 Å². The van der Waals surface area contributed by atoms with Gasteiger partial charge in [0.25, 0.3) is 0 Å². The third-order valence-corrected chi connectivity index (χ3v) is 4.60. The van der Waals surface area contributed by atoms with E-state index < -0.39 is 23.7 Å². The van der Waals surface area contributed by atoms with Gasteiger partial charge in [0.1, 0.15) is 29.3 Å². The van der Waals surface area contributed by atoms with Gasteiger partial charge in [0.05, 0.1) is 17.8 Å². The molecule has 0 spiro atoms. The SMILES string of the molecule is CC(C)(C)OC(=O)N[C@@H](CC(=O)OCc1ccccc1)Cn1ccc2c(Cl)ncnc21. The van der Waals surface area contributed by atoms with Gasteiger partial charge in [-0.2, -0.15) is 0 Å². The zero-order valence-corrected chi connectivity index (χ0v) is 18.4. The number of carbonyl (C=O) groups excluding carboxylic acids is 2. The molecule has 31 heavy (non-hydrogen) atoms. The molecule has 3 aromatic rings. The van der Waals surface area contributed by atoms with Crippen LogP contribution in [0.25, 0.3) is 11.0 Å². The first-order valence-electron chi connectivity index (χ1n) is 9.85. The zero-order valence-electron chi connectivity index (χ0n) is 17.7. The minimum Gasteiger partial charge on any atom is -0.461 e. The summed E-state index contributed by atoms with van der Waals surface area (Å²) in [6.07, 6.45) is 2.50. The van der Waals surface area contributed by atoms with Crippen LogP contribution < -0.4 is 5.32 Å². The van der Waals surface area contributed by atoms with E-state index in [9.17, 15) is 9.59 Å². The Kier molecular flexibility index (Phi) is 7.12. The number of nitrogens with one attached hydrogen (secondary N) is 1. The minimum atomic E-state index is -0.663. The number of carbonyl (C=O) groups is 2. The number of aromatic nitrogens is 3. The molecule has 164 valence electrons. The lowest BCUT2D eigenvalue weighted by molar-refractivity contribution is -0.145. The molecule has 2 aromatic heterocycles. The van der Waals surface area contributed by atoms with Crippen LogP contribution in [0.3, 0.4) is 0 Å². The van der Waals surface area contributed by atoms with Crippen LogP contribution in [0.1, 0.15) is 32.8 Å². The fourth-order valence-electron chi connectivity index (χ4n) is 2.99. The van der Waals surface area contributed by atoms with Gasteiger partial charge in [-0.05, 0) is 32.4 Å². The van der Waals surface area contributed by atoms with E-state index in [1.54, 1.807) is 37.6 Å². The maximum atomic E-state index is 12.5. The Hall–Kier alpha value is -3.13. The number of halogens is 1. The monoisotopic (exact) mass is 444 g/mol. The Morgan fingerprint density at radius 2 is 1.90 bits per heavy atom. The summed E-state index contributed by atoms with van der Waals surface area (Å²) in [4.78, 5) is 33.0. The fourth-order valence-corrected chi connectivity index (χ4v) is 3.18. The summed E-state index contributed by atoms with van der Waals surface area (Å²) < 4.78 is 12.5. The van der Waals surface area contributed by atoms with Crippen molar-refractivity contribution in [2.75, 3.05) is 0 Å². The third kappa shape index (κ3) is 6.68. The quantitative estimate of drug-likeness (QED) is 0.435. The van der Waals surface area contributed by atoms with Gasteiger partial charge in [-0.3, -0.25) is 4.79 Å². The number of esters is 1. The molecule has 0 aliphatic rings. The van der Waals surface area contributed by atoms with E-state index in [0.717, 1.165) is 5.56 Å². The first-order chi connectivity index (χ1) is 14.7. The Bertz CT molecular complexity index is 1050. The topological polar surface area (TPSA) is 95.3 Å². The average Bonchev–Trinajstić information content (AvgIpc) is 3.10. The van der Waals surface area contributed by atoms with Crippen LogP contribution in [-0.4, -0.2) is 38.2 Å². The standard InChI is InChI=1S/C22H25ClN4O4/c1-22(2,3)31-21(29)26-16(11-18(28)30-13-15-7-5-4-6-8-15)12-27-10-9-17-19(23)24-14-25-20(17)27/h4-10,14,16H,11-13H2,1-3H3,(H,26,29)/t16-/m0/s1. The molecule has 0 fully saturated rings. The third-order valence-electron chi connectivity index (χ3n) is 4.30. The molecule has 1 atom stereocenters. The van der Waals surface area contributed by atoms with E-state index in [4.69, 9.17) is 21.1 Å². The number of hydrogen-bond acceptors (Lipinski definition) is 6. The first-order valence-corrected chi connectivity index (χ1v) is 10.2. The summed E-state index contributed by atoms with van der Waals surface area (Å²) in [5, 5.41) is 3.78. The minimum absolute atomic E-state index is 0.0371. The summed E-state index contributed by atoms with van der Waals surface area (Å²) in [5.74, 6) is -0.436. The highest BCUT2D eigenvalue weighted by molar-refractivity contribution is 6.33. The highest BCUT2D eigenvalue weighted by atomic mass is 35.5. The van der Waals surface area contributed by atoms with Crippen molar-refractivity contribution < 1.29 is 19.1 Å². The van der Waals surface area contributed by atoms with Crippen molar-refractivity contribution in [1.82, 2.24) is 19.9 Å². The predicted octanol–water partition coefficient (Wildman–Crippen LogP) is 4.11. The molecule has 1 N–H and O–H groups in total. The van der Waals surface area contributed by atoms with Crippen molar-refractivity contribution >= 4 is 34.7 Å². The van der Waals surface area contributed by atoms with E-state index in [1.165, 1.54) is 6.33 Å². The van der Waals surface area contributed by atoms with Crippen LogP contribution in [0, 0.1) is 0 Å². The largest absolute Gasteiger partial charge is 0.461 e. The highest BCUT2D eigenvalue weighted by Gasteiger charge is 2.23. The molecule has 0 unspecified atom stereocenters. The maximum absolute atomic E-state index is 12.5. The molecule has 2 heterocycles. The molecule has 0 saturated heterocycles. The number of fused-ring (bicyclic) bond motifs is 1. The molecule has 0 bridgehead atoms. The Morgan fingerprint density at radius 1 is 1.16 bits per heavy atom. The normalized spacial score (nSPS) is 12.4. The molecule has 0 aliphatic carbocycles. The van der Waals surface area contributed by atoms with Gasteiger partial charge in [-0.25, -0.2) is 14.8 Å². The molecule has 1 aromatic carbocycles. The zero-order chi connectivity index (χ0) is 22.4. The molecule has 1 amide bonds. The molecular weight excluding hydrogens is 420 g/mol. The van der Waals surface area contributed by atoms with E-state index in [-0.39, 0.29) is 19.6 Å². The number of nitrogens with zero attached hydrogens (tertiary/aromatic N) is 3. The van der Waals surface area contributed by atoms with Gasteiger partial charge in [0.2, 0.25) is 0 Å². The summed E-state index contributed by atoms with van der Waals surface area (Å²) >= 11 is 6.12. The Labute approximate surface area is 185 Å². The van der Waals surface area contributed by atoms with Gasteiger partial charge >= 0.3 is 12.1 Å². The first kappa shape index (κ1) is 22.6. The van der Waals surface area contributed by atoms with Crippen LogP contribution in [0.15, 0.2) is 48.9 Å². The molecule has 9 heteroatoms. The van der Waals surface area contributed by atoms with Crippen molar-refractivity contribution in [3.05, 3.63) is 59.6 Å².